The van der Waals surface area contributed by atoms with Crippen LogP contribution < -0.4 is 4.74 Å². The highest BCUT2D eigenvalue weighted by molar-refractivity contribution is 5.61. The summed E-state index contributed by atoms with van der Waals surface area (Å²) in [5.41, 5.74) is 3.06. The van der Waals surface area contributed by atoms with Gasteiger partial charge in [-0.2, -0.15) is 5.10 Å². The third kappa shape index (κ3) is 3.06. The molecular weight excluding hydrogens is 292 g/mol. The molecule has 0 bridgehead atoms. The second-order valence-electron chi connectivity index (χ2n) is 5.41. The van der Waals surface area contributed by atoms with Crippen molar-refractivity contribution in [1.82, 2.24) is 19.3 Å². The van der Waals surface area contributed by atoms with E-state index in [1.807, 2.05) is 50.1 Å². The molecule has 0 aliphatic carbocycles. The van der Waals surface area contributed by atoms with Gasteiger partial charge in [-0.1, -0.05) is 0 Å². The fourth-order valence-corrected chi connectivity index (χ4v) is 2.61. The number of aryl methyl sites for hydroxylation is 2. The molecule has 0 aliphatic heterocycles. The molecule has 2 aromatic heterocycles. The van der Waals surface area contributed by atoms with Crippen LogP contribution in [0.25, 0.3) is 11.4 Å². The van der Waals surface area contributed by atoms with Gasteiger partial charge in [0.15, 0.2) is 11.5 Å². The molecule has 1 N–H and O–H groups in total. The van der Waals surface area contributed by atoms with Crippen molar-refractivity contribution in [3.8, 4) is 22.9 Å². The van der Waals surface area contributed by atoms with Crippen LogP contribution in [0.15, 0.2) is 36.8 Å². The number of imidazole rings is 1. The monoisotopic (exact) mass is 312 g/mol. The Bertz CT molecular complexity index is 820. The minimum Gasteiger partial charge on any atom is -0.504 e. The number of rotatable bonds is 5. The molecule has 0 saturated carbocycles. The zero-order valence-corrected chi connectivity index (χ0v) is 13.5. The van der Waals surface area contributed by atoms with E-state index in [0.29, 0.717) is 18.9 Å². The Labute approximate surface area is 135 Å². The average Bonchev–Trinajstić information content (AvgIpc) is 3.09. The Morgan fingerprint density at radius 3 is 2.83 bits per heavy atom. The van der Waals surface area contributed by atoms with E-state index in [0.717, 1.165) is 22.6 Å². The van der Waals surface area contributed by atoms with Crippen LogP contribution in [0.4, 0.5) is 0 Å². The lowest BCUT2D eigenvalue weighted by Crippen LogP contribution is -2.02. The first-order valence-electron chi connectivity index (χ1n) is 7.55. The van der Waals surface area contributed by atoms with Gasteiger partial charge in [-0.15, -0.1) is 0 Å². The standard InChI is InChI=1S/C17H20N4O2/c1-4-23-16-9-13(5-6-15(16)22)17-18-7-8-21(17)11-14-10-20(3)19-12(14)2/h5-10,22H,4,11H2,1-3H3. The third-order valence-corrected chi connectivity index (χ3v) is 3.69. The molecule has 120 valence electrons. The number of nitrogens with zero attached hydrogens (tertiary/aromatic N) is 4. The van der Waals surface area contributed by atoms with Gasteiger partial charge in [-0.25, -0.2) is 4.98 Å². The number of phenols is 1. The maximum Gasteiger partial charge on any atom is 0.161 e. The molecular formula is C17H20N4O2. The maximum absolute atomic E-state index is 9.84. The summed E-state index contributed by atoms with van der Waals surface area (Å²) >= 11 is 0. The Morgan fingerprint density at radius 1 is 1.30 bits per heavy atom. The Kier molecular flexibility index (Phi) is 4.06. The fraction of sp³-hybridized carbons (Fsp3) is 0.294. The van der Waals surface area contributed by atoms with Gasteiger partial charge in [0.05, 0.1) is 18.8 Å². The zero-order valence-electron chi connectivity index (χ0n) is 13.5. The molecule has 0 unspecified atom stereocenters. The van der Waals surface area contributed by atoms with Gasteiger partial charge in [0.1, 0.15) is 5.82 Å². The van der Waals surface area contributed by atoms with E-state index < -0.39 is 0 Å². The highest BCUT2D eigenvalue weighted by Gasteiger charge is 2.12. The topological polar surface area (TPSA) is 65.1 Å². The van der Waals surface area contributed by atoms with E-state index in [2.05, 4.69) is 14.6 Å². The minimum atomic E-state index is 0.136. The molecule has 23 heavy (non-hydrogen) atoms. The summed E-state index contributed by atoms with van der Waals surface area (Å²) in [6.07, 6.45) is 5.73. The van der Waals surface area contributed by atoms with Gasteiger partial charge in [0, 0.05) is 36.8 Å². The van der Waals surface area contributed by atoms with Gasteiger partial charge in [0.25, 0.3) is 0 Å². The van der Waals surface area contributed by atoms with E-state index in [1.165, 1.54) is 0 Å². The number of aromatic nitrogens is 4. The number of benzene rings is 1. The molecule has 0 amide bonds. The predicted molar refractivity (Wildman–Crippen MR) is 87.5 cm³/mol. The van der Waals surface area contributed by atoms with Crippen LogP contribution in [0.5, 0.6) is 11.5 Å². The van der Waals surface area contributed by atoms with E-state index in [-0.39, 0.29) is 5.75 Å². The third-order valence-electron chi connectivity index (χ3n) is 3.69. The quantitative estimate of drug-likeness (QED) is 0.787. The van der Waals surface area contributed by atoms with Crippen molar-refractivity contribution >= 4 is 0 Å². The first kappa shape index (κ1) is 15.1. The second-order valence-corrected chi connectivity index (χ2v) is 5.41. The van der Waals surface area contributed by atoms with Crippen molar-refractivity contribution in [3.63, 3.8) is 0 Å². The summed E-state index contributed by atoms with van der Waals surface area (Å²) in [7, 11) is 1.92. The van der Waals surface area contributed by atoms with Gasteiger partial charge in [-0.05, 0) is 32.0 Å². The molecule has 2 heterocycles. The first-order chi connectivity index (χ1) is 11.1. The van der Waals surface area contributed by atoms with Crippen molar-refractivity contribution < 1.29 is 9.84 Å². The normalized spacial score (nSPS) is 10.9. The van der Waals surface area contributed by atoms with Crippen molar-refractivity contribution in [3.05, 3.63) is 48.0 Å². The number of hydrogen-bond acceptors (Lipinski definition) is 4. The van der Waals surface area contributed by atoms with Crippen molar-refractivity contribution in [1.29, 1.82) is 0 Å². The zero-order chi connectivity index (χ0) is 16.4. The minimum absolute atomic E-state index is 0.136. The molecule has 3 aromatic rings. The lowest BCUT2D eigenvalue weighted by atomic mass is 10.2. The molecule has 6 nitrogen and oxygen atoms in total. The van der Waals surface area contributed by atoms with E-state index >= 15 is 0 Å². The number of phenolic OH excluding ortho intramolecular Hbond substituents is 1. The molecule has 1 aromatic carbocycles. The predicted octanol–water partition coefficient (Wildman–Crippen LogP) is 2.74. The molecule has 0 saturated heterocycles. The summed E-state index contributed by atoms with van der Waals surface area (Å²) in [5, 5.41) is 14.2. The van der Waals surface area contributed by atoms with Crippen molar-refractivity contribution in [2.45, 2.75) is 20.4 Å². The Hall–Kier alpha value is -2.76. The number of ether oxygens (including phenoxy) is 1. The Balaban J connectivity index is 1.94. The van der Waals surface area contributed by atoms with Crippen LogP contribution in [0.1, 0.15) is 18.2 Å². The lowest BCUT2D eigenvalue weighted by molar-refractivity contribution is 0.318. The summed E-state index contributed by atoms with van der Waals surface area (Å²) in [6, 6.07) is 5.29. The van der Waals surface area contributed by atoms with Crippen LogP contribution in [0, 0.1) is 6.92 Å². The van der Waals surface area contributed by atoms with E-state index in [9.17, 15) is 5.11 Å². The summed E-state index contributed by atoms with van der Waals surface area (Å²) in [6.45, 7) is 5.08. The molecule has 0 atom stereocenters. The van der Waals surface area contributed by atoms with Crippen LogP contribution in [-0.4, -0.2) is 31.0 Å². The summed E-state index contributed by atoms with van der Waals surface area (Å²) in [5.74, 6) is 1.43. The lowest BCUT2D eigenvalue weighted by Gasteiger charge is -2.10. The first-order valence-corrected chi connectivity index (χ1v) is 7.55. The fourth-order valence-electron chi connectivity index (χ4n) is 2.61. The molecule has 0 radical (unpaired) electrons. The molecule has 0 spiro atoms. The van der Waals surface area contributed by atoms with Gasteiger partial charge in [-0.3, -0.25) is 4.68 Å². The van der Waals surface area contributed by atoms with E-state index in [1.54, 1.807) is 12.3 Å². The number of aromatic hydroxyl groups is 1. The van der Waals surface area contributed by atoms with Crippen molar-refractivity contribution in [2.24, 2.45) is 7.05 Å². The molecule has 3 rings (SSSR count). The highest BCUT2D eigenvalue weighted by Crippen LogP contribution is 2.31. The van der Waals surface area contributed by atoms with Gasteiger partial charge in [0.2, 0.25) is 0 Å². The Morgan fingerprint density at radius 2 is 2.13 bits per heavy atom. The van der Waals surface area contributed by atoms with Gasteiger partial charge >= 0.3 is 0 Å². The maximum atomic E-state index is 9.84. The van der Waals surface area contributed by atoms with Gasteiger partial charge < -0.3 is 14.4 Å². The van der Waals surface area contributed by atoms with Crippen LogP contribution >= 0.6 is 0 Å². The largest absolute Gasteiger partial charge is 0.504 e. The van der Waals surface area contributed by atoms with E-state index in [4.69, 9.17) is 4.74 Å². The van der Waals surface area contributed by atoms with Crippen LogP contribution in [0.3, 0.4) is 0 Å². The SMILES string of the molecule is CCOc1cc(-c2nccn2Cc2cn(C)nc2C)ccc1O. The molecule has 0 fully saturated rings. The highest BCUT2D eigenvalue weighted by atomic mass is 16.5. The summed E-state index contributed by atoms with van der Waals surface area (Å²) in [4.78, 5) is 4.45. The van der Waals surface area contributed by atoms with Crippen LogP contribution in [-0.2, 0) is 13.6 Å². The average molecular weight is 312 g/mol. The smallest absolute Gasteiger partial charge is 0.161 e. The molecule has 0 aliphatic rings. The van der Waals surface area contributed by atoms with Crippen LogP contribution in [0.2, 0.25) is 0 Å². The summed E-state index contributed by atoms with van der Waals surface area (Å²) < 4.78 is 9.33. The molecule has 6 heteroatoms. The van der Waals surface area contributed by atoms with Crippen molar-refractivity contribution in [2.75, 3.05) is 6.61 Å². The number of hydrogen-bond donors (Lipinski definition) is 1. The second kappa shape index (κ2) is 6.16.